The Hall–Kier alpha value is -0.0800. The van der Waals surface area contributed by atoms with E-state index in [0.29, 0.717) is 0 Å². The van der Waals surface area contributed by atoms with E-state index in [4.69, 9.17) is 4.74 Å². The lowest BCUT2D eigenvalue weighted by Crippen LogP contribution is -2.16. The number of hydrogen-bond donors (Lipinski definition) is 1. The van der Waals surface area contributed by atoms with Crippen molar-refractivity contribution < 1.29 is 4.74 Å². The molecule has 0 aliphatic carbocycles. The van der Waals surface area contributed by atoms with Gasteiger partial charge in [-0.05, 0) is 24.8 Å². The van der Waals surface area contributed by atoms with Gasteiger partial charge >= 0.3 is 0 Å². The van der Waals surface area contributed by atoms with Crippen LogP contribution in [-0.4, -0.2) is 26.3 Å². The van der Waals surface area contributed by atoms with Gasteiger partial charge in [0.15, 0.2) is 0 Å². The summed E-state index contributed by atoms with van der Waals surface area (Å²) in [4.78, 5) is 0. The van der Waals surface area contributed by atoms with Gasteiger partial charge in [0.25, 0.3) is 0 Å². The molecule has 1 N–H and O–H groups in total. The van der Waals surface area contributed by atoms with Gasteiger partial charge in [-0.3, -0.25) is 0 Å². The summed E-state index contributed by atoms with van der Waals surface area (Å²) < 4.78 is 5.63. The molecule has 0 saturated carbocycles. The van der Waals surface area contributed by atoms with E-state index in [1.165, 1.54) is 19.4 Å². The Morgan fingerprint density at radius 2 is 2.42 bits per heavy atom. The SMILES string of the molecule is CCC(C)COCC1CCNC1. The van der Waals surface area contributed by atoms with Crippen molar-refractivity contribution in [3.63, 3.8) is 0 Å². The zero-order valence-electron chi connectivity index (χ0n) is 8.31. The Labute approximate surface area is 75.7 Å². The quantitative estimate of drug-likeness (QED) is 0.679. The minimum atomic E-state index is 0.722. The molecule has 0 aromatic carbocycles. The Balaban J connectivity index is 1.94. The lowest BCUT2D eigenvalue weighted by Gasteiger charge is -2.12. The third kappa shape index (κ3) is 3.55. The van der Waals surface area contributed by atoms with E-state index in [-0.39, 0.29) is 0 Å². The van der Waals surface area contributed by atoms with Crippen molar-refractivity contribution >= 4 is 0 Å². The molecule has 0 aromatic rings. The van der Waals surface area contributed by atoms with Gasteiger partial charge in [0.1, 0.15) is 0 Å². The van der Waals surface area contributed by atoms with Crippen LogP contribution in [0, 0.1) is 11.8 Å². The van der Waals surface area contributed by atoms with Crippen molar-refractivity contribution in [2.45, 2.75) is 26.7 Å². The van der Waals surface area contributed by atoms with Crippen LogP contribution in [0.25, 0.3) is 0 Å². The molecule has 0 radical (unpaired) electrons. The lowest BCUT2D eigenvalue weighted by atomic mass is 10.1. The smallest absolute Gasteiger partial charge is 0.0507 e. The first-order chi connectivity index (χ1) is 5.83. The zero-order chi connectivity index (χ0) is 8.81. The van der Waals surface area contributed by atoms with E-state index >= 15 is 0 Å². The predicted octanol–water partition coefficient (Wildman–Crippen LogP) is 1.66. The minimum Gasteiger partial charge on any atom is -0.381 e. The third-order valence-electron chi connectivity index (χ3n) is 2.62. The summed E-state index contributed by atoms with van der Waals surface area (Å²) in [6, 6.07) is 0. The average Bonchev–Trinajstić information content (AvgIpc) is 2.57. The molecule has 2 heteroatoms. The van der Waals surface area contributed by atoms with Crippen LogP contribution in [0.1, 0.15) is 26.7 Å². The molecule has 2 nitrogen and oxygen atoms in total. The summed E-state index contributed by atoms with van der Waals surface area (Å²) in [5, 5.41) is 3.34. The Morgan fingerprint density at radius 1 is 1.58 bits per heavy atom. The second kappa shape index (κ2) is 5.55. The lowest BCUT2D eigenvalue weighted by molar-refractivity contribution is 0.0792. The van der Waals surface area contributed by atoms with E-state index in [9.17, 15) is 0 Å². The zero-order valence-corrected chi connectivity index (χ0v) is 8.31. The summed E-state index contributed by atoms with van der Waals surface area (Å²) in [6.07, 6.45) is 2.52. The van der Waals surface area contributed by atoms with Gasteiger partial charge in [-0.1, -0.05) is 20.3 Å². The van der Waals surface area contributed by atoms with Crippen LogP contribution in [0.5, 0.6) is 0 Å². The summed E-state index contributed by atoms with van der Waals surface area (Å²) in [6.45, 7) is 8.68. The first-order valence-electron chi connectivity index (χ1n) is 5.11. The highest BCUT2D eigenvalue weighted by molar-refractivity contribution is 4.70. The molecule has 1 fully saturated rings. The third-order valence-corrected chi connectivity index (χ3v) is 2.62. The van der Waals surface area contributed by atoms with Crippen LogP contribution in [0.3, 0.4) is 0 Å². The first kappa shape index (κ1) is 10.0. The van der Waals surface area contributed by atoms with Crippen LogP contribution in [0.15, 0.2) is 0 Å². The van der Waals surface area contributed by atoms with Crippen molar-refractivity contribution in [3.05, 3.63) is 0 Å². The fourth-order valence-electron chi connectivity index (χ4n) is 1.41. The predicted molar refractivity (Wildman–Crippen MR) is 51.3 cm³/mol. The van der Waals surface area contributed by atoms with Gasteiger partial charge in [-0.15, -0.1) is 0 Å². The fraction of sp³-hybridized carbons (Fsp3) is 1.00. The van der Waals surface area contributed by atoms with Gasteiger partial charge in [0, 0.05) is 13.2 Å². The normalized spacial score (nSPS) is 26.0. The molecule has 72 valence electrons. The fourth-order valence-corrected chi connectivity index (χ4v) is 1.41. The second-order valence-corrected chi connectivity index (χ2v) is 3.91. The topological polar surface area (TPSA) is 21.3 Å². The van der Waals surface area contributed by atoms with E-state index in [0.717, 1.165) is 31.6 Å². The summed E-state index contributed by atoms with van der Waals surface area (Å²) in [5.41, 5.74) is 0. The van der Waals surface area contributed by atoms with Gasteiger partial charge < -0.3 is 10.1 Å². The highest BCUT2D eigenvalue weighted by Gasteiger charge is 2.14. The van der Waals surface area contributed by atoms with Gasteiger partial charge in [-0.2, -0.15) is 0 Å². The van der Waals surface area contributed by atoms with Crippen molar-refractivity contribution in [2.24, 2.45) is 11.8 Å². The maximum absolute atomic E-state index is 5.63. The molecule has 12 heavy (non-hydrogen) atoms. The number of hydrogen-bond acceptors (Lipinski definition) is 2. The Bertz CT molecular complexity index is 110. The highest BCUT2D eigenvalue weighted by Crippen LogP contribution is 2.09. The molecular weight excluding hydrogens is 150 g/mol. The van der Waals surface area contributed by atoms with E-state index < -0.39 is 0 Å². The summed E-state index contributed by atoms with van der Waals surface area (Å²) in [7, 11) is 0. The molecule has 0 aromatic heterocycles. The van der Waals surface area contributed by atoms with E-state index in [1.807, 2.05) is 0 Å². The molecule has 1 saturated heterocycles. The van der Waals surface area contributed by atoms with Crippen LogP contribution in [-0.2, 0) is 4.74 Å². The largest absolute Gasteiger partial charge is 0.381 e. The van der Waals surface area contributed by atoms with Crippen molar-refractivity contribution in [1.82, 2.24) is 5.32 Å². The van der Waals surface area contributed by atoms with Gasteiger partial charge in [0.2, 0.25) is 0 Å². The van der Waals surface area contributed by atoms with Gasteiger partial charge in [0.05, 0.1) is 6.61 Å². The highest BCUT2D eigenvalue weighted by atomic mass is 16.5. The van der Waals surface area contributed by atoms with Crippen LogP contribution in [0.4, 0.5) is 0 Å². The molecule has 2 atom stereocenters. The maximum atomic E-state index is 5.63. The number of nitrogens with one attached hydrogen (secondary N) is 1. The van der Waals surface area contributed by atoms with E-state index in [2.05, 4.69) is 19.2 Å². The van der Waals surface area contributed by atoms with Crippen LogP contribution in [0.2, 0.25) is 0 Å². The molecule has 1 heterocycles. The summed E-state index contributed by atoms with van der Waals surface area (Å²) in [5.74, 6) is 1.49. The Morgan fingerprint density at radius 3 is 3.00 bits per heavy atom. The summed E-state index contributed by atoms with van der Waals surface area (Å²) >= 11 is 0. The molecule has 1 aliphatic rings. The second-order valence-electron chi connectivity index (χ2n) is 3.91. The number of rotatable bonds is 5. The van der Waals surface area contributed by atoms with Crippen LogP contribution >= 0.6 is 0 Å². The van der Waals surface area contributed by atoms with Crippen molar-refractivity contribution in [2.75, 3.05) is 26.3 Å². The molecule has 1 rings (SSSR count). The van der Waals surface area contributed by atoms with Crippen molar-refractivity contribution in [1.29, 1.82) is 0 Å². The first-order valence-corrected chi connectivity index (χ1v) is 5.11. The van der Waals surface area contributed by atoms with E-state index in [1.54, 1.807) is 0 Å². The standard InChI is InChI=1S/C10H21NO/c1-3-9(2)7-12-8-10-4-5-11-6-10/h9-11H,3-8H2,1-2H3. The molecule has 2 unspecified atom stereocenters. The maximum Gasteiger partial charge on any atom is 0.0507 e. The molecule has 1 aliphatic heterocycles. The van der Waals surface area contributed by atoms with Crippen LogP contribution < -0.4 is 5.32 Å². The van der Waals surface area contributed by atoms with Crippen molar-refractivity contribution in [3.8, 4) is 0 Å². The average molecular weight is 171 g/mol. The molecule has 0 amide bonds. The van der Waals surface area contributed by atoms with Gasteiger partial charge in [-0.25, -0.2) is 0 Å². The molecular formula is C10H21NO. The number of ether oxygens (including phenoxy) is 1. The molecule has 0 bridgehead atoms. The molecule has 0 spiro atoms. The monoisotopic (exact) mass is 171 g/mol. The minimum absolute atomic E-state index is 0.722. The Kier molecular flexibility index (Phi) is 4.62.